The number of nitrogens with one attached hydrogen (secondary N) is 1. The number of hydrogen-bond donors (Lipinski definition) is 3. The molecule has 0 fully saturated rings. The fraction of sp³-hybridized carbons (Fsp3) is 0.500. The Morgan fingerprint density at radius 2 is 2.24 bits per heavy atom. The molecule has 0 unspecified atom stereocenters. The van der Waals surface area contributed by atoms with Crippen LogP contribution in [0.5, 0.6) is 0 Å². The fourth-order valence-corrected chi connectivity index (χ4v) is 1.78. The van der Waals surface area contributed by atoms with Gasteiger partial charge in [-0.05, 0) is 5.92 Å². The highest BCUT2D eigenvalue weighted by atomic mass is 32.1. The van der Waals surface area contributed by atoms with Crippen molar-refractivity contribution >= 4 is 23.2 Å². The van der Waals surface area contributed by atoms with Gasteiger partial charge in [-0.3, -0.25) is 4.79 Å². The van der Waals surface area contributed by atoms with Crippen LogP contribution in [0.25, 0.3) is 0 Å². The lowest BCUT2D eigenvalue weighted by molar-refractivity contribution is -0.123. The molecule has 1 heterocycles. The van der Waals surface area contributed by atoms with Gasteiger partial charge in [-0.2, -0.15) is 0 Å². The lowest BCUT2D eigenvalue weighted by Crippen LogP contribution is -2.43. The van der Waals surface area contributed by atoms with Gasteiger partial charge < -0.3 is 16.2 Å². The maximum Gasteiger partial charge on any atom is 0.355 e. The van der Waals surface area contributed by atoms with Crippen molar-refractivity contribution in [2.45, 2.75) is 26.4 Å². The van der Waals surface area contributed by atoms with Crippen LogP contribution in [0.4, 0.5) is 0 Å². The molecule has 0 aromatic carbocycles. The molecule has 1 aromatic rings. The second-order valence-electron chi connectivity index (χ2n) is 3.92. The van der Waals surface area contributed by atoms with Crippen molar-refractivity contribution in [1.29, 1.82) is 0 Å². The van der Waals surface area contributed by atoms with Crippen molar-refractivity contribution in [1.82, 2.24) is 10.3 Å². The van der Waals surface area contributed by atoms with Crippen LogP contribution in [0.2, 0.25) is 0 Å². The van der Waals surface area contributed by atoms with Crippen LogP contribution >= 0.6 is 11.3 Å². The summed E-state index contributed by atoms with van der Waals surface area (Å²) >= 11 is 1.19. The molecule has 1 rings (SSSR count). The van der Waals surface area contributed by atoms with Crippen molar-refractivity contribution in [3.8, 4) is 0 Å². The van der Waals surface area contributed by atoms with Crippen LogP contribution in [0.3, 0.4) is 0 Å². The zero-order valence-electron chi connectivity index (χ0n) is 9.64. The minimum absolute atomic E-state index is 0.00703. The van der Waals surface area contributed by atoms with Gasteiger partial charge in [-0.1, -0.05) is 13.8 Å². The molecule has 1 aromatic heterocycles. The highest BCUT2D eigenvalue weighted by Gasteiger charge is 2.17. The second-order valence-corrected chi connectivity index (χ2v) is 4.86. The number of carbonyl (C=O) groups is 2. The zero-order chi connectivity index (χ0) is 13.0. The van der Waals surface area contributed by atoms with Crippen LogP contribution in [0.1, 0.15) is 29.3 Å². The molecule has 0 saturated carbocycles. The molecule has 7 heteroatoms. The van der Waals surface area contributed by atoms with Crippen LogP contribution < -0.4 is 11.1 Å². The third kappa shape index (κ3) is 3.79. The predicted octanol–water partition coefficient (Wildman–Crippen LogP) is 0.441. The van der Waals surface area contributed by atoms with Gasteiger partial charge in [0.05, 0.1) is 12.6 Å². The Labute approximate surface area is 103 Å². The van der Waals surface area contributed by atoms with E-state index in [-0.39, 0.29) is 24.1 Å². The molecule has 0 bridgehead atoms. The Bertz CT molecular complexity index is 417. The lowest BCUT2D eigenvalue weighted by Gasteiger charge is -2.14. The first kappa shape index (κ1) is 13.6. The summed E-state index contributed by atoms with van der Waals surface area (Å²) in [5, 5.41) is 13.3. The molecule has 0 aliphatic carbocycles. The SMILES string of the molecule is CC(C)[C@H](N)C(=O)NCc1nc(C(=O)O)cs1. The number of aromatic nitrogens is 1. The summed E-state index contributed by atoms with van der Waals surface area (Å²) in [4.78, 5) is 26.0. The van der Waals surface area contributed by atoms with E-state index < -0.39 is 12.0 Å². The number of rotatable bonds is 5. The first-order valence-electron chi connectivity index (χ1n) is 5.12. The highest BCUT2D eigenvalue weighted by Crippen LogP contribution is 2.09. The van der Waals surface area contributed by atoms with Crippen molar-refractivity contribution in [3.05, 3.63) is 16.1 Å². The van der Waals surface area contributed by atoms with E-state index in [4.69, 9.17) is 10.8 Å². The fourth-order valence-electron chi connectivity index (χ4n) is 1.07. The lowest BCUT2D eigenvalue weighted by atomic mass is 10.1. The smallest absolute Gasteiger partial charge is 0.355 e. The molecule has 0 saturated heterocycles. The number of carboxylic acids is 1. The summed E-state index contributed by atoms with van der Waals surface area (Å²) in [6.07, 6.45) is 0. The molecule has 0 spiro atoms. The van der Waals surface area contributed by atoms with Gasteiger partial charge >= 0.3 is 5.97 Å². The molecule has 0 aliphatic heterocycles. The molecule has 6 nitrogen and oxygen atoms in total. The van der Waals surface area contributed by atoms with Gasteiger partial charge in [0, 0.05) is 5.38 Å². The summed E-state index contributed by atoms with van der Waals surface area (Å²) in [5.41, 5.74) is 5.65. The Morgan fingerprint density at radius 1 is 1.59 bits per heavy atom. The van der Waals surface area contributed by atoms with Gasteiger partial charge in [-0.15, -0.1) is 11.3 Å². The van der Waals surface area contributed by atoms with E-state index in [1.54, 1.807) is 0 Å². The standard InChI is InChI=1S/C10H15N3O3S/c1-5(2)8(11)9(14)12-3-7-13-6(4-17-7)10(15)16/h4-5,8H,3,11H2,1-2H3,(H,12,14)(H,15,16)/t8-/m0/s1. The van der Waals surface area contributed by atoms with E-state index in [9.17, 15) is 9.59 Å². The van der Waals surface area contributed by atoms with E-state index in [0.717, 1.165) is 0 Å². The van der Waals surface area contributed by atoms with E-state index in [2.05, 4.69) is 10.3 Å². The summed E-state index contributed by atoms with van der Waals surface area (Å²) in [6, 6.07) is -0.561. The molecule has 0 radical (unpaired) electrons. The Morgan fingerprint density at radius 3 is 2.71 bits per heavy atom. The molecule has 94 valence electrons. The molecular formula is C10H15N3O3S. The first-order chi connectivity index (χ1) is 7.91. The third-order valence-electron chi connectivity index (χ3n) is 2.21. The number of carbonyl (C=O) groups excluding carboxylic acids is 1. The van der Waals surface area contributed by atoms with Crippen molar-refractivity contribution in [2.24, 2.45) is 11.7 Å². The molecule has 4 N–H and O–H groups in total. The van der Waals surface area contributed by atoms with Crippen molar-refractivity contribution in [3.63, 3.8) is 0 Å². The normalized spacial score (nSPS) is 12.5. The Balaban J connectivity index is 2.50. The predicted molar refractivity (Wildman–Crippen MR) is 63.7 cm³/mol. The molecule has 17 heavy (non-hydrogen) atoms. The number of nitrogens with two attached hydrogens (primary N) is 1. The van der Waals surface area contributed by atoms with Crippen LogP contribution in [0.15, 0.2) is 5.38 Å². The minimum Gasteiger partial charge on any atom is -0.476 e. The van der Waals surface area contributed by atoms with Crippen molar-refractivity contribution < 1.29 is 14.7 Å². The average molecular weight is 257 g/mol. The van der Waals surface area contributed by atoms with Crippen LogP contribution in [0, 0.1) is 5.92 Å². The second kappa shape index (κ2) is 5.74. The van der Waals surface area contributed by atoms with Crippen molar-refractivity contribution in [2.75, 3.05) is 0 Å². The van der Waals surface area contributed by atoms with Gasteiger partial charge in [0.15, 0.2) is 5.69 Å². The number of nitrogens with zero attached hydrogens (tertiary/aromatic N) is 1. The van der Waals surface area contributed by atoms with E-state index in [1.807, 2.05) is 13.8 Å². The summed E-state index contributed by atoms with van der Waals surface area (Å²) in [5.74, 6) is -1.27. The van der Waals surface area contributed by atoms with E-state index in [0.29, 0.717) is 5.01 Å². The molecule has 1 amide bonds. The summed E-state index contributed by atoms with van der Waals surface area (Å²) in [7, 11) is 0. The maximum atomic E-state index is 11.5. The van der Waals surface area contributed by atoms with E-state index in [1.165, 1.54) is 16.7 Å². The molecule has 1 atom stereocenters. The van der Waals surface area contributed by atoms with Gasteiger partial charge in [0.1, 0.15) is 5.01 Å². The van der Waals surface area contributed by atoms with Gasteiger partial charge in [0.25, 0.3) is 0 Å². The first-order valence-corrected chi connectivity index (χ1v) is 6.00. The Kier molecular flexibility index (Phi) is 4.59. The molecular weight excluding hydrogens is 242 g/mol. The maximum absolute atomic E-state index is 11.5. The summed E-state index contributed by atoms with van der Waals surface area (Å²) < 4.78 is 0. The number of thiazole rings is 1. The third-order valence-corrected chi connectivity index (χ3v) is 3.05. The molecule has 0 aliphatic rings. The zero-order valence-corrected chi connectivity index (χ0v) is 10.5. The number of carboxylic acid groups (broad SMARTS) is 1. The number of hydrogen-bond acceptors (Lipinski definition) is 5. The minimum atomic E-state index is -1.07. The highest BCUT2D eigenvalue weighted by molar-refractivity contribution is 7.09. The number of amides is 1. The van der Waals surface area contributed by atoms with Gasteiger partial charge in [-0.25, -0.2) is 9.78 Å². The van der Waals surface area contributed by atoms with Crippen LogP contribution in [-0.2, 0) is 11.3 Å². The van der Waals surface area contributed by atoms with Gasteiger partial charge in [0.2, 0.25) is 5.91 Å². The quantitative estimate of drug-likeness (QED) is 0.710. The van der Waals surface area contributed by atoms with E-state index >= 15 is 0 Å². The monoisotopic (exact) mass is 257 g/mol. The average Bonchev–Trinajstić information content (AvgIpc) is 2.73. The largest absolute Gasteiger partial charge is 0.476 e. The summed E-state index contributed by atoms with van der Waals surface area (Å²) in [6.45, 7) is 3.92. The topological polar surface area (TPSA) is 105 Å². The number of aromatic carboxylic acids is 1. The van der Waals surface area contributed by atoms with Crippen LogP contribution in [-0.4, -0.2) is 28.0 Å². The Hall–Kier alpha value is -1.47.